The number of benzene rings is 1. The van der Waals surface area contributed by atoms with E-state index in [4.69, 9.17) is 5.73 Å². The van der Waals surface area contributed by atoms with E-state index in [1.807, 2.05) is 24.3 Å². The molecule has 0 spiro atoms. The Bertz CT molecular complexity index is 395. The second kappa shape index (κ2) is 3.98. The third-order valence-corrected chi connectivity index (χ3v) is 2.05. The van der Waals surface area contributed by atoms with E-state index in [0.717, 1.165) is 16.7 Å². The molecule has 3 nitrogen and oxygen atoms in total. The molecule has 0 atom stereocenters. The largest absolute Gasteiger partial charge is 0.326 e. The van der Waals surface area contributed by atoms with Crippen molar-refractivity contribution >= 4 is 0 Å². The van der Waals surface area contributed by atoms with Crippen LogP contribution in [0.1, 0.15) is 5.56 Å². The third kappa shape index (κ3) is 1.78. The highest BCUT2D eigenvalue weighted by molar-refractivity contribution is 5.61. The van der Waals surface area contributed by atoms with Gasteiger partial charge in [-0.1, -0.05) is 24.3 Å². The Morgan fingerprint density at radius 1 is 1.00 bits per heavy atom. The number of hydrogen-bond acceptors (Lipinski definition) is 3. The second-order valence-corrected chi connectivity index (χ2v) is 2.97. The molecule has 2 aromatic rings. The molecule has 0 aliphatic heterocycles. The van der Waals surface area contributed by atoms with Crippen molar-refractivity contribution < 1.29 is 0 Å². The lowest BCUT2D eigenvalue weighted by molar-refractivity contribution is 1.07. The third-order valence-electron chi connectivity index (χ3n) is 2.05. The molecule has 14 heavy (non-hydrogen) atoms. The van der Waals surface area contributed by atoms with E-state index in [1.54, 1.807) is 12.4 Å². The van der Waals surface area contributed by atoms with E-state index in [2.05, 4.69) is 16.3 Å². The average molecular weight is 184 g/mol. The van der Waals surface area contributed by atoms with Gasteiger partial charge >= 0.3 is 0 Å². The van der Waals surface area contributed by atoms with Gasteiger partial charge in [0, 0.05) is 24.5 Å². The first-order valence-corrected chi connectivity index (χ1v) is 4.37. The Labute approximate surface area is 82.6 Å². The van der Waals surface area contributed by atoms with Crippen LogP contribution in [-0.2, 0) is 6.54 Å². The van der Waals surface area contributed by atoms with Crippen LogP contribution in [0.25, 0.3) is 11.1 Å². The molecular formula is C11H10N3. The molecule has 0 unspecified atom stereocenters. The van der Waals surface area contributed by atoms with E-state index in [1.165, 1.54) is 0 Å². The summed E-state index contributed by atoms with van der Waals surface area (Å²) in [6.07, 6.45) is 5.99. The Morgan fingerprint density at radius 2 is 1.64 bits per heavy atom. The normalized spacial score (nSPS) is 10.1. The Balaban J connectivity index is 2.34. The van der Waals surface area contributed by atoms with Crippen molar-refractivity contribution in [2.24, 2.45) is 5.73 Å². The minimum atomic E-state index is 0.569. The van der Waals surface area contributed by atoms with Crippen molar-refractivity contribution in [3.8, 4) is 11.1 Å². The first-order valence-electron chi connectivity index (χ1n) is 4.37. The van der Waals surface area contributed by atoms with Crippen LogP contribution in [0.5, 0.6) is 0 Å². The van der Waals surface area contributed by atoms with Crippen molar-refractivity contribution in [2.75, 3.05) is 0 Å². The van der Waals surface area contributed by atoms with E-state index in [-0.39, 0.29) is 0 Å². The van der Waals surface area contributed by atoms with E-state index in [0.29, 0.717) is 6.54 Å². The molecular weight excluding hydrogens is 174 g/mol. The SMILES string of the molecule is NCc1ccc(-c2cn[c]nc2)cc1. The maximum absolute atomic E-state index is 5.51. The molecule has 1 aromatic heterocycles. The van der Waals surface area contributed by atoms with Crippen molar-refractivity contribution in [3.63, 3.8) is 0 Å². The minimum absolute atomic E-state index is 0.569. The minimum Gasteiger partial charge on any atom is -0.326 e. The van der Waals surface area contributed by atoms with Crippen molar-refractivity contribution in [2.45, 2.75) is 6.54 Å². The predicted molar refractivity (Wildman–Crippen MR) is 54.2 cm³/mol. The first-order chi connectivity index (χ1) is 6.90. The summed E-state index contributed by atoms with van der Waals surface area (Å²) >= 11 is 0. The summed E-state index contributed by atoms with van der Waals surface area (Å²) in [5, 5.41) is 0. The van der Waals surface area contributed by atoms with Gasteiger partial charge in [0.25, 0.3) is 0 Å². The van der Waals surface area contributed by atoms with Crippen molar-refractivity contribution in [3.05, 3.63) is 48.5 Å². The Hall–Kier alpha value is -1.74. The molecule has 0 aliphatic rings. The monoisotopic (exact) mass is 184 g/mol. The Kier molecular flexibility index (Phi) is 2.51. The van der Waals surface area contributed by atoms with Gasteiger partial charge in [-0.15, -0.1) is 0 Å². The van der Waals surface area contributed by atoms with Gasteiger partial charge in [0.1, 0.15) is 0 Å². The maximum atomic E-state index is 5.51. The maximum Gasteiger partial charge on any atom is 0.197 e. The van der Waals surface area contributed by atoms with Crippen LogP contribution >= 0.6 is 0 Å². The summed E-state index contributed by atoms with van der Waals surface area (Å²) in [6, 6.07) is 8.04. The van der Waals surface area contributed by atoms with Gasteiger partial charge in [-0.05, 0) is 11.1 Å². The number of hydrogen-bond donors (Lipinski definition) is 1. The number of aromatic nitrogens is 2. The molecule has 2 N–H and O–H groups in total. The van der Waals surface area contributed by atoms with E-state index in [9.17, 15) is 0 Å². The summed E-state index contributed by atoms with van der Waals surface area (Å²) < 4.78 is 0. The summed E-state index contributed by atoms with van der Waals surface area (Å²) in [7, 11) is 0. The number of nitrogens with two attached hydrogens (primary N) is 1. The average Bonchev–Trinajstić information content (AvgIpc) is 2.30. The van der Waals surface area contributed by atoms with Gasteiger partial charge in [0.2, 0.25) is 0 Å². The zero-order valence-electron chi connectivity index (χ0n) is 7.64. The molecule has 1 radical (unpaired) electrons. The summed E-state index contributed by atoms with van der Waals surface area (Å²) in [5.74, 6) is 0. The Morgan fingerprint density at radius 3 is 2.21 bits per heavy atom. The molecule has 69 valence electrons. The molecule has 0 amide bonds. The quantitative estimate of drug-likeness (QED) is 0.767. The predicted octanol–water partition coefficient (Wildman–Crippen LogP) is 1.40. The van der Waals surface area contributed by atoms with E-state index < -0.39 is 0 Å². The standard InChI is InChI=1S/C11H10N3/c12-5-9-1-3-10(4-2-9)11-6-13-8-14-7-11/h1-4,6-7H,5,12H2. The smallest absolute Gasteiger partial charge is 0.197 e. The molecule has 1 aromatic carbocycles. The van der Waals surface area contributed by atoms with Gasteiger partial charge in [0.15, 0.2) is 6.33 Å². The molecule has 1 heterocycles. The second-order valence-electron chi connectivity index (χ2n) is 2.97. The van der Waals surface area contributed by atoms with Gasteiger partial charge in [-0.3, -0.25) is 0 Å². The fourth-order valence-corrected chi connectivity index (χ4v) is 1.25. The van der Waals surface area contributed by atoms with Crippen LogP contribution in [0, 0.1) is 6.33 Å². The lowest BCUT2D eigenvalue weighted by Crippen LogP contribution is -1.95. The molecule has 0 bridgehead atoms. The topological polar surface area (TPSA) is 51.8 Å². The highest BCUT2D eigenvalue weighted by Gasteiger charge is 1.96. The lowest BCUT2D eigenvalue weighted by Gasteiger charge is -2.01. The number of nitrogens with zero attached hydrogens (tertiary/aromatic N) is 2. The molecule has 0 fully saturated rings. The summed E-state index contributed by atoms with van der Waals surface area (Å²) in [6.45, 7) is 0.569. The molecule has 3 heteroatoms. The lowest BCUT2D eigenvalue weighted by atomic mass is 10.1. The van der Waals surface area contributed by atoms with Crippen LogP contribution in [0.3, 0.4) is 0 Å². The zero-order valence-corrected chi connectivity index (χ0v) is 7.64. The fraction of sp³-hybridized carbons (Fsp3) is 0.0909. The molecule has 0 saturated heterocycles. The number of rotatable bonds is 2. The fourth-order valence-electron chi connectivity index (χ4n) is 1.25. The van der Waals surface area contributed by atoms with Crippen LogP contribution in [0.4, 0.5) is 0 Å². The van der Waals surface area contributed by atoms with Crippen molar-refractivity contribution in [1.82, 2.24) is 9.97 Å². The molecule has 0 aliphatic carbocycles. The summed E-state index contributed by atoms with van der Waals surface area (Å²) in [5.41, 5.74) is 8.72. The van der Waals surface area contributed by atoms with Crippen LogP contribution in [0.15, 0.2) is 36.7 Å². The highest BCUT2D eigenvalue weighted by Crippen LogP contribution is 2.17. The van der Waals surface area contributed by atoms with Gasteiger partial charge in [-0.25, -0.2) is 9.97 Å². The van der Waals surface area contributed by atoms with Crippen molar-refractivity contribution in [1.29, 1.82) is 0 Å². The van der Waals surface area contributed by atoms with E-state index >= 15 is 0 Å². The van der Waals surface area contributed by atoms with Gasteiger partial charge in [0.05, 0.1) is 0 Å². The van der Waals surface area contributed by atoms with Gasteiger partial charge < -0.3 is 5.73 Å². The van der Waals surface area contributed by atoms with Crippen LogP contribution in [-0.4, -0.2) is 9.97 Å². The van der Waals surface area contributed by atoms with Crippen LogP contribution in [0.2, 0.25) is 0 Å². The highest BCUT2D eigenvalue weighted by atomic mass is 14.8. The van der Waals surface area contributed by atoms with Gasteiger partial charge in [-0.2, -0.15) is 0 Å². The first kappa shape index (κ1) is 8.84. The molecule has 0 saturated carbocycles. The zero-order chi connectivity index (χ0) is 9.80. The summed E-state index contributed by atoms with van der Waals surface area (Å²) in [4.78, 5) is 7.69. The van der Waals surface area contributed by atoms with Crippen LogP contribution < -0.4 is 5.73 Å². The molecule has 2 rings (SSSR count).